The highest BCUT2D eigenvalue weighted by Crippen LogP contribution is 2.13. The molecule has 24 heteroatoms. The van der Waals surface area contributed by atoms with Crippen LogP contribution < -0.4 is 54.8 Å². The number of carboxylic acid groups (broad SMARTS) is 2. The number of amides is 7. The molecule has 0 aliphatic rings. The van der Waals surface area contributed by atoms with E-state index in [0.717, 1.165) is 0 Å². The van der Waals surface area contributed by atoms with Crippen LogP contribution in [0.5, 0.6) is 5.75 Å². The number of carbonyl (C=O) groups excluding carboxylic acids is 7. The van der Waals surface area contributed by atoms with Crippen LogP contribution in [0, 0.1) is 0 Å². The van der Waals surface area contributed by atoms with Gasteiger partial charge in [0.1, 0.15) is 42.0 Å². The molecule has 0 aromatic heterocycles. The second-order valence-corrected chi connectivity index (χ2v) is 15.0. The van der Waals surface area contributed by atoms with E-state index in [9.17, 15) is 58.5 Å². The Bertz CT molecular complexity index is 1930. The van der Waals surface area contributed by atoms with Crippen LogP contribution in [0.15, 0.2) is 59.6 Å². The number of benzene rings is 2. The number of aromatic hydroxyl groups is 1. The summed E-state index contributed by atoms with van der Waals surface area (Å²) in [6.45, 7) is -0.470. The van der Waals surface area contributed by atoms with Crippen LogP contribution in [0.3, 0.4) is 0 Å². The molecule has 0 saturated heterocycles. The molecule has 63 heavy (non-hydrogen) atoms. The molecule has 0 fully saturated rings. The number of carbonyl (C=O) groups is 9. The molecule has 0 spiro atoms. The first-order valence-corrected chi connectivity index (χ1v) is 20.8. The summed E-state index contributed by atoms with van der Waals surface area (Å²) < 4.78 is 0. The summed E-state index contributed by atoms with van der Waals surface area (Å²) >= 11 is 1.33. The normalized spacial score (nSPS) is 13.6. The molecule has 344 valence electrons. The van der Waals surface area contributed by atoms with Crippen molar-refractivity contribution in [3.05, 3.63) is 65.7 Å². The fourth-order valence-corrected chi connectivity index (χ4v) is 6.28. The fourth-order valence-electron chi connectivity index (χ4n) is 5.81. The highest BCUT2D eigenvalue weighted by molar-refractivity contribution is 7.98. The van der Waals surface area contributed by atoms with E-state index in [2.05, 4.69) is 36.9 Å². The van der Waals surface area contributed by atoms with Gasteiger partial charge in [0.05, 0.1) is 19.4 Å². The highest BCUT2D eigenvalue weighted by atomic mass is 32.2. The summed E-state index contributed by atoms with van der Waals surface area (Å²) in [5.74, 6) is -10.1. The summed E-state index contributed by atoms with van der Waals surface area (Å²) in [6.07, 6.45) is -0.577. The number of aliphatic carboxylic acids is 2. The van der Waals surface area contributed by atoms with Gasteiger partial charge in [0.2, 0.25) is 41.4 Å². The van der Waals surface area contributed by atoms with Gasteiger partial charge < -0.3 is 70.2 Å². The molecule has 0 saturated carbocycles. The zero-order valence-electron chi connectivity index (χ0n) is 34.4. The zero-order valence-corrected chi connectivity index (χ0v) is 35.2. The lowest BCUT2D eigenvalue weighted by Gasteiger charge is -2.27. The molecule has 0 radical (unpaired) electrons. The molecule has 2 aromatic carbocycles. The maximum absolute atomic E-state index is 14.0. The Morgan fingerprint density at radius 3 is 1.60 bits per heavy atom. The molecular weight excluding hydrogens is 847 g/mol. The third-order valence-electron chi connectivity index (χ3n) is 8.98. The maximum atomic E-state index is 14.0. The highest BCUT2D eigenvalue weighted by Gasteiger charge is 2.35. The van der Waals surface area contributed by atoms with E-state index in [1.165, 1.54) is 36.0 Å². The number of rotatable bonds is 28. The Morgan fingerprint density at radius 1 is 0.619 bits per heavy atom. The number of nitrogens with two attached hydrogens (primary N) is 4. The summed E-state index contributed by atoms with van der Waals surface area (Å²) in [6, 6.07) is 4.66. The lowest BCUT2D eigenvalue weighted by Crippen LogP contribution is -2.60. The Morgan fingerprint density at radius 2 is 1.10 bits per heavy atom. The minimum atomic E-state index is -1.94. The van der Waals surface area contributed by atoms with E-state index >= 15 is 0 Å². The van der Waals surface area contributed by atoms with Gasteiger partial charge in [0, 0.05) is 19.4 Å². The molecule has 2 rings (SSSR count). The number of aliphatic imine (C=N–C) groups is 1. The van der Waals surface area contributed by atoms with Crippen LogP contribution >= 0.6 is 11.8 Å². The molecule has 17 N–H and O–H groups in total. The van der Waals surface area contributed by atoms with Crippen molar-refractivity contribution in [2.75, 3.05) is 25.1 Å². The first-order chi connectivity index (χ1) is 29.8. The topological polar surface area (TPSA) is 403 Å². The second-order valence-electron chi connectivity index (χ2n) is 14.0. The average Bonchev–Trinajstić information content (AvgIpc) is 3.22. The summed E-state index contributed by atoms with van der Waals surface area (Å²) in [5, 5.41) is 43.4. The minimum Gasteiger partial charge on any atom is -0.508 e. The van der Waals surface area contributed by atoms with Gasteiger partial charge in [-0.1, -0.05) is 42.5 Å². The lowest BCUT2D eigenvalue weighted by atomic mass is 10.0. The molecule has 0 aliphatic heterocycles. The third-order valence-corrected chi connectivity index (χ3v) is 9.63. The number of hydrogen-bond donors (Lipinski definition) is 13. The van der Waals surface area contributed by atoms with Crippen LogP contribution in [-0.2, 0) is 56.0 Å². The smallest absolute Gasteiger partial charge is 0.326 e. The van der Waals surface area contributed by atoms with Gasteiger partial charge >= 0.3 is 11.9 Å². The number of guanidine groups is 1. The van der Waals surface area contributed by atoms with Gasteiger partial charge in [-0.25, -0.2) is 4.79 Å². The molecule has 0 aliphatic carbocycles. The predicted octanol–water partition coefficient (Wildman–Crippen LogP) is -3.71. The molecule has 2 aromatic rings. The summed E-state index contributed by atoms with van der Waals surface area (Å²) in [5.41, 5.74) is 22.7. The van der Waals surface area contributed by atoms with Gasteiger partial charge in [-0.05, 0) is 54.5 Å². The zero-order chi connectivity index (χ0) is 47.1. The third kappa shape index (κ3) is 20.0. The van der Waals surface area contributed by atoms with Crippen LogP contribution in [-0.4, -0.2) is 136 Å². The van der Waals surface area contributed by atoms with Gasteiger partial charge in [0.15, 0.2) is 5.96 Å². The van der Waals surface area contributed by atoms with E-state index in [-0.39, 0.29) is 50.4 Å². The Kier molecular flexibility index (Phi) is 22.4. The number of phenols is 1. The molecule has 23 nitrogen and oxygen atoms in total. The average molecular weight is 902 g/mol. The van der Waals surface area contributed by atoms with Crippen LogP contribution in [0.1, 0.15) is 43.2 Å². The first kappa shape index (κ1) is 52.2. The standard InChI is InChI=1S/C39H55N11O12S/c1-63-15-13-25(38(61)62)47-33(56)24(8-5-14-44-39(42)43)46-37(60)29(19-32(54)55)50-36(59)28(18-30(41)52)49-35(58)27(17-22-9-11-23(51)12-10-22)48-34(57)26(45-31(53)20-40)16-21-6-3-2-4-7-21/h2-4,6-7,9-12,24-29,51H,5,8,13-20,40H2,1H3,(H2,41,52)(H,45,53)(H,46,60)(H,47,56)(H,48,57)(H,49,58)(H,50,59)(H,54,55)(H,61,62)(H4,42,43,44)/t24-,25-,26-,27-,28-,29-/m0/s1. The van der Waals surface area contributed by atoms with E-state index in [1.54, 1.807) is 36.6 Å². The van der Waals surface area contributed by atoms with Crippen molar-refractivity contribution >= 4 is 71.0 Å². The summed E-state index contributed by atoms with van der Waals surface area (Å²) in [7, 11) is 0. The van der Waals surface area contributed by atoms with Gasteiger partial charge in [-0.2, -0.15) is 11.8 Å². The second kappa shape index (κ2) is 27.1. The van der Waals surface area contributed by atoms with E-state index in [4.69, 9.17) is 22.9 Å². The Labute approximate surface area is 366 Å². The van der Waals surface area contributed by atoms with E-state index < -0.39 is 109 Å². The number of hydrogen-bond acceptors (Lipinski definition) is 13. The van der Waals surface area contributed by atoms with Crippen LogP contribution in [0.25, 0.3) is 0 Å². The van der Waals surface area contributed by atoms with E-state index in [0.29, 0.717) is 16.9 Å². The maximum Gasteiger partial charge on any atom is 0.326 e. The van der Waals surface area contributed by atoms with Crippen molar-refractivity contribution in [3.8, 4) is 5.75 Å². The van der Waals surface area contributed by atoms with Crippen molar-refractivity contribution < 1.29 is 58.5 Å². The quantitative estimate of drug-likeness (QED) is 0.0222. The Balaban J connectivity index is 2.43. The van der Waals surface area contributed by atoms with Crippen LogP contribution in [0.2, 0.25) is 0 Å². The molecule has 0 unspecified atom stereocenters. The van der Waals surface area contributed by atoms with Crippen molar-refractivity contribution in [2.24, 2.45) is 27.9 Å². The number of phenolic OH excluding ortho intramolecular Hbond substituents is 1. The van der Waals surface area contributed by atoms with Crippen LogP contribution in [0.4, 0.5) is 0 Å². The lowest BCUT2D eigenvalue weighted by molar-refractivity contribution is -0.143. The predicted molar refractivity (Wildman–Crippen MR) is 229 cm³/mol. The minimum absolute atomic E-state index is 0.00911. The number of carboxylic acids is 2. The van der Waals surface area contributed by atoms with Gasteiger partial charge in [-0.3, -0.25) is 43.3 Å². The Hall–Kier alpha value is -6.95. The first-order valence-electron chi connectivity index (χ1n) is 19.4. The van der Waals surface area contributed by atoms with Crippen molar-refractivity contribution in [3.63, 3.8) is 0 Å². The molecule has 0 bridgehead atoms. The number of primary amides is 1. The van der Waals surface area contributed by atoms with Crippen molar-refractivity contribution in [1.82, 2.24) is 31.9 Å². The monoisotopic (exact) mass is 901 g/mol. The molecule has 0 heterocycles. The van der Waals surface area contributed by atoms with Crippen molar-refractivity contribution in [2.45, 2.75) is 81.2 Å². The van der Waals surface area contributed by atoms with Gasteiger partial charge in [0.25, 0.3) is 0 Å². The number of nitrogens with zero attached hydrogens (tertiary/aromatic N) is 1. The fraction of sp³-hybridized carbons (Fsp3) is 0.436. The SMILES string of the molecule is CSCC[C@H](NC(=O)[C@H](CCCN=C(N)N)NC(=O)[C@H](CC(=O)O)NC(=O)[C@H](CC(N)=O)NC(=O)[C@H](Cc1ccc(O)cc1)NC(=O)[C@H](Cc1ccccc1)NC(=O)CN)C(=O)O. The molecule has 7 amide bonds. The van der Waals surface area contributed by atoms with Gasteiger partial charge in [-0.15, -0.1) is 0 Å². The number of nitrogens with one attached hydrogen (secondary N) is 6. The molecular formula is C39H55N11O12S. The van der Waals surface area contributed by atoms with E-state index in [1.807, 2.05) is 0 Å². The van der Waals surface area contributed by atoms with Crippen molar-refractivity contribution in [1.29, 1.82) is 0 Å². The molecule has 6 atom stereocenters. The summed E-state index contributed by atoms with van der Waals surface area (Å²) in [4.78, 5) is 121. The largest absolute Gasteiger partial charge is 0.508 e. The number of thioether (sulfide) groups is 1.